The summed E-state index contributed by atoms with van der Waals surface area (Å²) in [6.45, 7) is 0.611. The summed E-state index contributed by atoms with van der Waals surface area (Å²) in [7, 11) is 0. The fourth-order valence-electron chi connectivity index (χ4n) is 1.75. The molecule has 0 fully saturated rings. The van der Waals surface area contributed by atoms with Gasteiger partial charge in [-0.15, -0.1) is 0 Å². The smallest absolute Gasteiger partial charge is 0.131 e. The standard InChI is InChI=1S/C13H14F2N2O/c14-10-2-1-3-11(15)13(10)12(18)8-17-7-9-4-5-16-6-9/h1-6,12,16-18H,7-8H2. The van der Waals surface area contributed by atoms with E-state index < -0.39 is 17.7 Å². The highest BCUT2D eigenvalue weighted by molar-refractivity contribution is 5.22. The van der Waals surface area contributed by atoms with Crippen molar-refractivity contribution >= 4 is 0 Å². The Morgan fingerprint density at radius 1 is 1.22 bits per heavy atom. The fraction of sp³-hybridized carbons (Fsp3) is 0.231. The van der Waals surface area contributed by atoms with Crippen molar-refractivity contribution in [1.82, 2.24) is 10.3 Å². The molecule has 2 aromatic rings. The van der Waals surface area contributed by atoms with Crippen LogP contribution in [0.4, 0.5) is 8.78 Å². The largest absolute Gasteiger partial charge is 0.387 e. The van der Waals surface area contributed by atoms with Crippen LogP contribution in [0.15, 0.2) is 36.7 Å². The number of benzene rings is 1. The van der Waals surface area contributed by atoms with Gasteiger partial charge >= 0.3 is 0 Å². The van der Waals surface area contributed by atoms with Gasteiger partial charge in [0.25, 0.3) is 0 Å². The summed E-state index contributed by atoms with van der Waals surface area (Å²) in [4.78, 5) is 2.90. The number of hydrogen-bond donors (Lipinski definition) is 3. The van der Waals surface area contributed by atoms with Crippen molar-refractivity contribution in [3.8, 4) is 0 Å². The van der Waals surface area contributed by atoms with E-state index in [1.54, 1.807) is 6.20 Å². The minimum atomic E-state index is -1.20. The number of halogens is 2. The van der Waals surface area contributed by atoms with E-state index in [-0.39, 0.29) is 12.1 Å². The van der Waals surface area contributed by atoms with Crippen molar-refractivity contribution in [3.63, 3.8) is 0 Å². The van der Waals surface area contributed by atoms with E-state index in [4.69, 9.17) is 0 Å². The van der Waals surface area contributed by atoms with Crippen LogP contribution >= 0.6 is 0 Å². The highest BCUT2D eigenvalue weighted by Crippen LogP contribution is 2.19. The zero-order valence-electron chi connectivity index (χ0n) is 9.66. The first-order chi connectivity index (χ1) is 8.68. The molecule has 1 unspecified atom stereocenters. The molecule has 3 nitrogen and oxygen atoms in total. The Morgan fingerprint density at radius 2 is 1.94 bits per heavy atom. The first-order valence-electron chi connectivity index (χ1n) is 5.63. The van der Waals surface area contributed by atoms with Crippen LogP contribution in [-0.4, -0.2) is 16.6 Å². The monoisotopic (exact) mass is 252 g/mol. The van der Waals surface area contributed by atoms with Crippen molar-refractivity contribution in [2.24, 2.45) is 0 Å². The molecule has 18 heavy (non-hydrogen) atoms. The van der Waals surface area contributed by atoms with Gasteiger partial charge in [-0.05, 0) is 23.8 Å². The number of rotatable bonds is 5. The first kappa shape index (κ1) is 12.7. The third-order valence-corrected chi connectivity index (χ3v) is 2.66. The lowest BCUT2D eigenvalue weighted by atomic mass is 10.1. The lowest BCUT2D eigenvalue weighted by Crippen LogP contribution is -2.22. The number of hydrogen-bond acceptors (Lipinski definition) is 2. The van der Waals surface area contributed by atoms with E-state index in [0.717, 1.165) is 17.7 Å². The van der Waals surface area contributed by atoms with Gasteiger partial charge in [-0.1, -0.05) is 6.07 Å². The van der Waals surface area contributed by atoms with Gasteiger partial charge in [0, 0.05) is 25.5 Å². The maximum absolute atomic E-state index is 13.4. The quantitative estimate of drug-likeness (QED) is 0.763. The van der Waals surface area contributed by atoms with Crippen molar-refractivity contribution < 1.29 is 13.9 Å². The van der Waals surface area contributed by atoms with Crippen LogP contribution in [0, 0.1) is 11.6 Å². The molecule has 5 heteroatoms. The molecule has 0 saturated carbocycles. The van der Waals surface area contributed by atoms with Crippen LogP contribution in [0.5, 0.6) is 0 Å². The predicted octanol–water partition coefficient (Wildman–Crippen LogP) is 2.12. The maximum Gasteiger partial charge on any atom is 0.131 e. The number of nitrogens with one attached hydrogen (secondary N) is 2. The number of aromatic amines is 1. The second kappa shape index (κ2) is 5.75. The van der Waals surface area contributed by atoms with Crippen molar-refractivity contribution in [2.75, 3.05) is 6.54 Å². The van der Waals surface area contributed by atoms with Gasteiger partial charge in [0.15, 0.2) is 0 Å². The van der Waals surface area contributed by atoms with Gasteiger partial charge in [-0.3, -0.25) is 0 Å². The molecular weight excluding hydrogens is 238 g/mol. The molecule has 1 atom stereocenters. The summed E-state index contributed by atoms with van der Waals surface area (Å²) in [5.41, 5.74) is 0.718. The Bertz CT molecular complexity index is 479. The van der Waals surface area contributed by atoms with Gasteiger partial charge in [0.05, 0.1) is 11.7 Å². The molecular formula is C13H14F2N2O. The average Bonchev–Trinajstić information content (AvgIpc) is 2.82. The van der Waals surface area contributed by atoms with Crippen LogP contribution in [0.1, 0.15) is 17.2 Å². The molecule has 2 rings (SSSR count). The molecule has 0 saturated heterocycles. The van der Waals surface area contributed by atoms with Gasteiger partial charge in [0.1, 0.15) is 11.6 Å². The number of aliphatic hydroxyl groups excluding tert-OH is 1. The Hall–Kier alpha value is -1.72. The molecule has 1 aromatic carbocycles. The molecule has 0 spiro atoms. The summed E-state index contributed by atoms with van der Waals surface area (Å²) in [6.07, 6.45) is 2.39. The molecule has 1 heterocycles. The molecule has 96 valence electrons. The van der Waals surface area contributed by atoms with Gasteiger partial charge in [-0.25, -0.2) is 8.78 Å². The second-order valence-electron chi connectivity index (χ2n) is 4.00. The van der Waals surface area contributed by atoms with E-state index in [1.165, 1.54) is 6.07 Å². The minimum Gasteiger partial charge on any atom is -0.387 e. The topological polar surface area (TPSA) is 48.0 Å². The van der Waals surface area contributed by atoms with E-state index >= 15 is 0 Å². The number of aliphatic hydroxyl groups is 1. The van der Waals surface area contributed by atoms with Crippen LogP contribution < -0.4 is 5.32 Å². The zero-order chi connectivity index (χ0) is 13.0. The summed E-state index contributed by atoms with van der Waals surface area (Å²) in [5.74, 6) is -1.46. The molecule has 0 amide bonds. The normalized spacial score (nSPS) is 12.6. The second-order valence-corrected chi connectivity index (χ2v) is 4.00. The molecule has 0 aliphatic heterocycles. The highest BCUT2D eigenvalue weighted by Gasteiger charge is 2.17. The van der Waals surface area contributed by atoms with Crippen LogP contribution in [0.3, 0.4) is 0 Å². The zero-order valence-corrected chi connectivity index (χ0v) is 9.66. The van der Waals surface area contributed by atoms with Crippen LogP contribution in [0.25, 0.3) is 0 Å². The third-order valence-electron chi connectivity index (χ3n) is 2.66. The van der Waals surface area contributed by atoms with E-state index in [0.29, 0.717) is 6.54 Å². The Kier molecular flexibility index (Phi) is 4.07. The molecule has 0 aliphatic rings. The molecule has 0 aliphatic carbocycles. The van der Waals surface area contributed by atoms with Gasteiger partial charge < -0.3 is 15.4 Å². The van der Waals surface area contributed by atoms with Crippen LogP contribution in [-0.2, 0) is 6.54 Å². The number of H-pyrrole nitrogens is 1. The predicted molar refractivity (Wildman–Crippen MR) is 63.8 cm³/mol. The average molecular weight is 252 g/mol. The van der Waals surface area contributed by atoms with Crippen molar-refractivity contribution in [1.29, 1.82) is 0 Å². The van der Waals surface area contributed by atoms with E-state index in [9.17, 15) is 13.9 Å². The summed E-state index contributed by atoms with van der Waals surface area (Å²) < 4.78 is 26.7. The van der Waals surface area contributed by atoms with Gasteiger partial charge in [0.2, 0.25) is 0 Å². The minimum absolute atomic E-state index is 0.0863. The molecule has 3 N–H and O–H groups in total. The lowest BCUT2D eigenvalue weighted by Gasteiger charge is -2.13. The molecule has 0 radical (unpaired) electrons. The summed E-state index contributed by atoms with van der Waals surface area (Å²) in [6, 6.07) is 5.42. The van der Waals surface area contributed by atoms with E-state index in [1.807, 2.05) is 12.3 Å². The molecule has 0 bridgehead atoms. The summed E-state index contributed by atoms with van der Waals surface area (Å²) in [5, 5.41) is 12.7. The Morgan fingerprint density at radius 3 is 2.56 bits per heavy atom. The SMILES string of the molecule is OC(CNCc1cc[nH]c1)c1c(F)cccc1F. The highest BCUT2D eigenvalue weighted by atomic mass is 19.1. The van der Waals surface area contributed by atoms with Crippen molar-refractivity contribution in [2.45, 2.75) is 12.6 Å². The first-order valence-corrected chi connectivity index (χ1v) is 5.63. The van der Waals surface area contributed by atoms with E-state index in [2.05, 4.69) is 10.3 Å². The maximum atomic E-state index is 13.4. The van der Waals surface area contributed by atoms with Gasteiger partial charge in [-0.2, -0.15) is 0 Å². The fourth-order valence-corrected chi connectivity index (χ4v) is 1.75. The third kappa shape index (κ3) is 2.94. The van der Waals surface area contributed by atoms with Crippen LogP contribution in [0.2, 0.25) is 0 Å². The Balaban J connectivity index is 1.93. The lowest BCUT2D eigenvalue weighted by molar-refractivity contribution is 0.164. The molecule has 1 aromatic heterocycles. The summed E-state index contributed by atoms with van der Waals surface area (Å²) >= 11 is 0. The number of aromatic nitrogens is 1. The van der Waals surface area contributed by atoms with Crippen molar-refractivity contribution in [3.05, 3.63) is 59.4 Å². The Labute approximate surface area is 103 Å².